The molecule has 0 atom stereocenters. The molecule has 1 aromatic carbocycles. The van der Waals surface area contributed by atoms with Crippen molar-refractivity contribution in [3.8, 4) is 0 Å². The first kappa shape index (κ1) is 15.4. The summed E-state index contributed by atoms with van der Waals surface area (Å²) in [5.74, 6) is 0. The van der Waals surface area contributed by atoms with E-state index < -0.39 is 0 Å². The molecule has 1 aromatic heterocycles. The van der Waals surface area contributed by atoms with Crippen molar-refractivity contribution in [3.63, 3.8) is 0 Å². The van der Waals surface area contributed by atoms with Crippen LogP contribution in [-0.4, -0.2) is 22.1 Å². The van der Waals surface area contributed by atoms with Crippen LogP contribution in [0, 0.1) is 0 Å². The first-order valence-corrected chi connectivity index (χ1v) is 7.34. The van der Waals surface area contributed by atoms with Gasteiger partial charge in [0, 0.05) is 37.1 Å². The number of nitrogens with zero attached hydrogens (tertiary/aromatic N) is 2. The largest absolute Gasteiger partial charge is 0.338 e. The van der Waals surface area contributed by atoms with Crippen molar-refractivity contribution in [2.24, 2.45) is 0 Å². The number of aromatic nitrogens is 2. The van der Waals surface area contributed by atoms with Gasteiger partial charge in [0.15, 0.2) is 0 Å². The minimum absolute atomic E-state index is 0.146. The summed E-state index contributed by atoms with van der Waals surface area (Å²) in [6.07, 6.45) is 7.45. The highest BCUT2D eigenvalue weighted by molar-refractivity contribution is 6.30. The highest BCUT2D eigenvalue weighted by Gasteiger charge is 2.00. The molecule has 21 heavy (non-hydrogen) atoms. The lowest BCUT2D eigenvalue weighted by Crippen LogP contribution is -2.35. The minimum Gasteiger partial charge on any atom is -0.338 e. The summed E-state index contributed by atoms with van der Waals surface area (Å²) in [5, 5.41) is 6.35. The van der Waals surface area contributed by atoms with Crippen molar-refractivity contribution in [3.05, 3.63) is 53.6 Å². The molecule has 0 aliphatic rings. The molecule has 0 saturated heterocycles. The van der Waals surface area contributed by atoms with Crippen LogP contribution in [0.2, 0.25) is 5.02 Å². The van der Waals surface area contributed by atoms with E-state index in [9.17, 15) is 4.79 Å². The summed E-state index contributed by atoms with van der Waals surface area (Å²) >= 11 is 5.80. The van der Waals surface area contributed by atoms with Gasteiger partial charge in [-0.1, -0.05) is 23.7 Å². The normalized spacial score (nSPS) is 10.3. The van der Waals surface area contributed by atoms with Crippen LogP contribution in [0.3, 0.4) is 0 Å². The molecule has 2 amide bonds. The number of amides is 2. The second-order valence-electron chi connectivity index (χ2n) is 4.74. The molecule has 0 aliphatic carbocycles. The van der Waals surface area contributed by atoms with Gasteiger partial charge in [-0.25, -0.2) is 9.78 Å². The van der Waals surface area contributed by atoms with E-state index in [1.54, 1.807) is 12.5 Å². The quantitative estimate of drug-likeness (QED) is 0.773. The molecule has 2 rings (SSSR count). The number of carbonyl (C=O) groups is 1. The molecule has 0 unspecified atom stereocenters. The van der Waals surface area contributed by atoms with Crippen LogP contribution in [0.5, 0.6) is 0 Å². The Morgan fingerprint density at radius 2 is 2.00 bits per heavy atom. The van der Waals surface area contributed by atoms with Crippen LogP contribution < -0.4 is 10.6 Å². The molecule has 1 heterocycles. The predicted octanol–water partition coefficient (Wildman–Crippen LogP) is 2.82. The van der Waals surface area contributed by atoms with Crippen LogP contribution in [0.4, 0.5) is 4.79 Å². The zero-order valence-electron chi connectivity index (χ0n) is 11.8. The van der Waals surface area contributed by atoms with Gasteiger partial charge in [0.05, 0.1) is 6.33 Å². The van der Waals surface area contributed by atoms with Crippen LogP contribution >= 0.6 is 11.6 Å². The van der Waals surface area contributed by atoms with E-state index in [0.29, 0.717) is 18.1 Å². The number of halogens is 1. The second kappa shape index (κ2) is 8.32. The van der Waals surface area contributed by atoms with Gasteiger partial charge in [0.25, 0.3) is 0 Å². The summed E-state index contributed by atoms with van der Waals surface area (Å²) in [5.41, 5.74) is 1.02. The fraction of sp³-hybridized carbons (Fsp3) is 0.333. The first-order valence-electron chi connectivity index (χ1n) is 6.96. The van der Waals surface area contributed by atoms with Crippen LogP contribution in [0.1, 0.15) is 18.4 Å². The van der Waals surface area contributed by atoms with Gasteiger partial charge < -0.3 is 15.2 Å². The molecule has 112 valence electrons. The number of hydrogen-bond acceptors (Lipinski definition) is 2. The molecule has 0 fully saturated rings. The Morgan fingerprint density at radius 1 is 1.19 bits per heavy atom. The monoisotopic (exact) mass is 306 g/mol. The Labute approximate surface area is 129 Å². The SMILES string of the molecule is O=C(NCCCCn1ccnc1)NCc1ccc(Cl)cc1. The summed E-state index contributed by atoms with van der Waals surface area (Å²) in [7, 11) is 0. The Kier molecular flexibility index (Phi) is 6.09. The zero-order valence-corrected chi connectivity index (χ0v) is 12.5. The molecular formula is C15H19ClN4O. The second-order valence-corrected chi connectivity index (χ2v) is 5.18. The summed E-state index contributed by atoms with van der Waals surface area (Å²) in [6.45, 7) is 2.09. The van der Waals surface area contributed by atoms with Gasteiger partial charge >= 0.3 is 6.03 Å². The molecule has 2 aromatic rings. The molecule has 6 heteroatoms. The fourth-order valence-corrected chi connectivity index (χ4v) is 2.01. The molecular weight excluding hydrogens is 288 g/mol. The number of nitrogens with one attached hydrogen (secondary N) is 2. The Balaban J connectivity index is 1.54. The van der Waals surface area contributed by atoms with Gasteiger partial charge in [-0.05, 0) is 30.5 Å². The molecule has 0 aliphatic heterocycles. The van der Waals surface area contributed by atoms with E-state index in [-0.39, 0.29) is 6.03 Å². The highest BCUT2D eigenvalue weighted by Crippen LogP contribution is 2.08. The smallest absolute Gasteiger partial charge is 0.315 e. The van der Waals surface area contributed by atoms with Gasteiger partial charge in [0.1, 0.15) is 0 Å². The third-order valence-electron chi connectivity index (χ3n) is 3.05. The van der Waals surface area contributed by atoms with Crippen LogP contribution in [0.25, 0.3) is 0 Å². The van der Waals surface area contributed by atoms with Crippen molar-refractivity contribution in [2.75, 3.05) is 6.54 Å². The van der Waals surface area contributed by atoms with Gasteiger partial charge in [0.2, 0.25) is 0 Å². The lowest BCUT2D eigenvalue weighted by Gasteiger charge is -2.08. The maximum absolute atomic E-state index is 11.6. The van der Waals surface area contributed by atoms with E-state index in [1.165, 1.54) is 0 Å². The van der Waals surface area contributed by atoms with Crippen LogP contribution in [0.15, 0.2) is 43.0 Å². The number of rotatable bonds is 7. The van der Waals surface area contributed by atoms with Crippen molar-refractivity contribution < 1.29 is 4.79 Å². The lowest BCUT2D eigenvalue weighted by molar-refractivity contribution is 0.240. The summed E-state index contributed by atoms with van der Waals surface area (Å²) < 4.78 is 2.03. The lowest BCUT2D eigenvalue weighted by atomic mass is 10.2. The number of benzene rings is 1. The van der Waals surface area contributed by atoms with Gasteiger partial charge in [-0.2, -0.15) is 0 Å². The third-order valence-corrected chi connectivity index (χ3v) is 3.31. The van der Waals surface area contributed by atoms with Crippen molar-refractivity contribution in [1.82, 2.24) is 20.2 Å². The molecule has 2 N–H and O–H groups in total. The summed E-state index contributed by atoms with van der Waals surface area (Å²) in [6, 6.07) is 7.27. The summed E-state index contributed by atoms with van der Waals surface area (Å²) in [4.78, 5) is 15.6. The Bertz CT molecular complexity index is 539. The van der Waals surface area contributed by atoms with Gasteiger partial charge in [-0.3, -0.25) is 0 Å². The van der Waals surface area contributed by atoms with E-state index in [4.69, 9.17) is 11.6 Å². The number of unbranched alkanes of at least 4 members (excludes halogenated alkanes) is 1. The first-order chi connectivity index (χ1) is 10.2. The average Bonchev–Trinajstić information content (AvgIpc) is 2.99. The standard InChI is InChI=1S/C15H19ClN4O/c16-14-5-3-13(4-6-14)11-19-15(21)18-7-1-2-9-20-10-8-17-12-20/h3-6,8,10,12H,1-2,7,9,11H2,(H2,18,19,21). The predicted molar refractivity (Wildman–Crippen MR) is 83.2 cm³/mol. The Morgan fingerprint density at radius 3 is 2.71 bits per heavy atom. The van der Waals surface area contributed by atoms with E-state index in [1.807, 2.05) is 35.0 Å². The topological polar surface area (TPSA) is 59.0 Å². The average molecular weight is 307 g/mol. The highest BCUT2D eigenvalue weighted by atomic mass is 35.5. The number of carbonyl (C=O) groups excluding carboxylic acids is 1. The van der Waals surface area contributed by atoms with Crippen molar-refractivity contribution >= 4 is 17.6 Å². The van der Waals surface area contributed by atoms with Crippen molar-refractivity contribution in [2.45, 2.75) is 25.9 Å². The van der Waals surface area contributed by atoms with E-state index in [0.717, 1.165) is 24.9 Å². The molecule has 5 nitrogen and oxygen atoms in total. The maximum atomic E-state index is 11.6. The zero-order chi connectivity index (χ0) is 14.9. The number of urea groups is 1. The van der Waals surface area contributed by atoms with E-state index >= 15 is 0 Å². The minimum atomic E-state index is -0.146. The van der Waals surface area contributed by atoms with Crippen LogP contribution in [-0.2, 0) is 13.1 Å². The third kappa shape index (κ3) is 5.87. The van der Waals surface area contributed by atoms with Crippen molar-refractivity contribution in [1.29, 1.82) is 0 Å². The maximum Gasteiger partial charge on any atom is 0.315 e. The molecule has 0 bridgehead atoms. The number of imidazole rings is 1. The molecule has 0 saturated carbocycles. The number of hydrogen-bond donors (Lipinski definition) is 2. The Hall–Kier alpha value is -2.01. The van der Waals surface area contributed by atoms with Gasteiger partial charge in [-0.15, -0.1) is 0 Å². The molecule has 0 radical (unpaired) electrons. The number of aryl methyl sites for hydroxylation is 1. The van der Waals surface area contributed by atoms with E-state index in [2.05, 4.69) is 15.6 Å². The fourth-order valence-electron chi connectivity index (χ4n) is 1.89. The molecule has 0 spiro atoms.